The first-order chi connectivity index (χ1) is 13.9. The molecule has 2 aliphatic rings. The van der Waals surface area contributed by atoms with Crippen LogP contribution in [-0.4, -0.2) is 37.5 Å². The van der Waals surface area contributed by atoms with Crippen molar-refractivity contribution in [3.8, 4) is 11.5 Å². The van der Waals surface area contributed by atoms with Crippen molar-refractivity contribution in [3.05, 3.63) is 66.7 Å². The van der Waals surface area contributed by atoms with E-state index >= 15 is 0 Å². The van der Waals surface area contributed by atoms with Crippen molar-refractivity contribution in [1.82, 2.24) is 4.72 Å². The lowest BCUT2D eigenvalue weighted by atomic mass is 10.2. The molecule has 2 aromatic rings. The average molecular weight is 454 g/mol. The van der Waals surface area contributed by atoms with Crippen LogP contribution in [0.15, 0.2) is 71.6 Å². The fourth-order valence-corrected chi connectivity index (χ4v) is 8.20. The Morgan fingerprint density at radius 3 is 2.38 bits per heavy atom. The van der Waals surface area contributed by atoms with E-state index in [0.29, 0.717) is 11.5 Å². The van der Waals surface area contributed by atoms with Crippen LogP contribution in [0.25, 0.3) is 0 Å². The van der Waals surface area contributed by atoms with E-state index in [9.17, 15) is 17.5 Å². The maximum Gasteiger partial charge on any atom is 0.206 e. The number of fused-ring (bicyclic) bond motifs is 1. The fraction of sp³-hybridized carbons (Fsp3) is 0.263. The summed E-state index contributed by atoms with van der Waals surface area (Å²) in [6.45, 7) is 0.246. The molecule has 0 aromatic heterocycles. The van der Waals surface area contributed by atoms with Crippen molar-refractivity contribution < 1.29 is 27.0 Å². The van der Waals surface area contributed by atoms with Crippen molar-refractivity contribution in [3.63, 3.8) is 0 Å². The number of sulfonamides is 1. The predicted octanol–water partition coefficient (Wildman–Crippen LogP) is 2.61. The highest BCUT2D eigenvalue weighted by Crippen LogP contribution is 2.40. The highest BCUT2D eigenvalue weighted by molar-refractivity contribution is 8.23. The molecular formula is C19H19NO6S3. The van der Waals surface area contributed by atoms with E-state index in [1.165, 1.54) is 24.3 Å². The molecule has 10 heteroatoms. The van der Waals surface area contributed by atoms with Crippen LogP contribution in [0.4, 0.5) is 0 Å². The summed E-state index contributed by atoms with van der Waals surface area (Å²) < 4.78 is 62.6. The first-order valence-electron chi connectivity index (χ1n) is 8.86. The summed E-state index contributed by atoms with van der Waals surface area (Å²) in [5.74, 6) is 1.18. The van der Waals surface area contributed by atoms with Crippen molar-refractivity contribution >= 4 is 32.4 Å². The third-order valence-corrected chi connectivity index (χ3v) is 10.5. The highest BCUT2D eigenvalue weighted by Gasteiger charge is 2.43. The standard InChI is InChI=1S/C19H19NO6S3/c21-28(22,15-6-2-1-3-7-15)18-10-11-19(27-18)29(23,24)20-12-14-13-25-16-8-4-5-9-17(16)26-14/h1-11,14,18-19H,12-13H2,(H-2,20,21,22,23,24). The lowest BCUT2D eigenvalue weighted by Gasteiger charge is -2.28. The van der Waals surface area contributed by atoms with Gasteiger partial charge in [0.2, 0.25) is 4.58 Å². The Labute approximate surface area is 175 Å². The van der Waals surface area contributed by atoms with Gasteiger partial charge in [-0.1, -0.05) is 34.5 Å². The molecule has 0 radical (unpaired) electrons. The van der Waals surface area contributed by atoms with Crippen molar-refractivity contribution in [2.75, 3.05) is 13.2 Å². The largest absolute Gasteiger partial charge is 0.609 e. The van der Waals surface area contributed by atoms with E-state index in [2.05, 4.69) is 4.72 Å². The molecule has 0 saturated carbocycles. The van der Waals surface area contributed by atoms with Crippen LogP contribution >= 0.6 is 11.8 Å². The Hall–Kier alpha value is -1.69. The number of benzene rings is 2. The van der Waals surface area contributed by atoms with Crippen LogP contribution in [0, 0.1) is 0 Å². The topological polar surface area (TPSA) is 111 Å². The normalized spacial score (nSPS) is 27.2. The summed E-state index contributed by atoms with van der Waals surface area (Å²) >= 11 is 0.873. The van der Waals surface area contributed by atoms with Gasteiger partial charge in [0, 0.05) is 0 Å². The molecule has 0 aliphatic carbocycles. The molecule has 2 aliphatic heterocycles. The number of sulfone groups is 1. The maximum atomic E-state index is 12.7. The number of nitrogens with one attached hydrogen (secondary N) is 1. The number of rotatable bonds is 6. The van der Waals surface area contributed by atoms with Crippen LogP contribution in [0.2, 0.25) is 0 Å². The second-order valence-electron chi connectivity index (χ2n) is 6.51. The molecule has 2 aromatic carbocycles. The van der Waals surface area contributed by atoms with Crippen LogP contribution in [0.1, 0.15) is 0 Å². The zero-order chi connectivity index (χ0) is 20.5. The smallest absolute Gasteiger partial charge is 0.206 e. The molecule has 29 heavy (non-hydrogen) atoms. The van der Waals surface area contributed by atoms with Gasteiger partial charge in [-0.2, -0.15) is 0 Å². The Morgan fingerprint density at radius 1 is 0.966 bits per heavy atom. The summed E-state index contributed by atoms with van der Waals surface area (Å²) in [6.07, 6.45) is 2.36. The van der Waals surface area contributed by atoms with E-state index in [-0.39, 0.29) is 18.0 Å². The van der Waals surface area contributed by atoms with Gasteiger partial charge in [0.25, 0.3) is 0 Å². The molecule has 2 heterocycles. The second-order valence-corrected chi connectivity index (χ2v) is 12.3. The third-order valence-electron chi connectivity index (χ3n) is 4.46. The van der Waals surface area contributed by atoms with E-state index in [4.69, 9.17) is 9.47 Å². The maximum absolute atomic E-state index is 12.7. The molecule has 5 unspecified atom stereocenters. The number of hydrogen-bond donors (Lipinski definition) is 1. The van der Waals surface area contributed by atoms with Crippen molar-refractivity contribution in [2.24, 2.45) is 0 Å². The van der Waals surface area contributed by atoms with Gasteiger partial charge in [0.1, 0.15) is 23.1 Å². The molecule has 4 rings (SSSR count). The summed E-state index contributed by atoms with van der Waals surface area (Å²) in [4.78, 5) is 0.166. The van der Waals surface area contributed by atoms with Gasteiger partial charge in [-0.25, -0.2) is 0 Å². The summed E-state index contributed by atoms with van der Waals surface area (Å²) in [6, 6.07) is 15.2. The quantitative estimate of drug-likeness (QED) is 0.529. The Kier molecular flexibility index (Phi) is 5.83. The van der Waals surface area contributed by atoms with Crippen LogP contribution < -0.4 is 14.2 Å². The molecule has 0 spiro atoms. The van der Waals surface area contributed by atoms with Gasteiger partial charge in [-0.15, -0.1) is 8.93 Å². The minimum absolute atomic E-state index is 0.0255. The minimum atomic E-state index is -3.79. The molecule has 0 saturated heterocycles. The number of para-hydroxylation sites is 2. The summed E-state index contributed by atoms with van der Waals surface area (Å²) in [5, 5.41) is 0. The number of thioether (sulfide) groups is 1. The Balaban J connectivity index is 1.36. The molecule has 5 atom stereocenters. The van der Waals surface area contributed by atoms with Crippen LogP contribution in [-0.2, 0) is 29.0 Å². The Morgan fingerprint density at radius 2 is 1.62 bits per heavy atom. The molecule has 1 N–H and O–H groups in total. The van der Waals surface area contributed by atoms with E-state index in [1.807, 2.05) is 12.1 Å². The molecule has 0 amide bonds. The van der Waals surface area contributed by atoms with E-state index in [1.54, 1.807) is 30.3 Å². The molecule has 154 valence electrons. The first-order valence-corrected chi connectivity index (χ1v) is 12.9. The highest BCUT2D eigenvalue weighted by atomic mass is 32.3. The molecule has 7 nitrogen and oxygen atoms in total. The monoisotopic (exact) mass is 453 g/mol. The van der Waals surface area contributed by atoms with Crippen molar-refractivity contribution in [2.45, 2.75) is 20.2 Å². The van der Waals surface area contributed by atoms with Crippen LogP contribution in [0.3, 0.4) is 0 Å². The lowest BCUT2D eigenvalue weighted by molar-refractivity contribution is 0.0939. The molecule has 0 bridgehead atoms. The lowest BCUT2D eigenvalue weighted by Crippen LogP contribution is -2.46. The number of ether oxygens (including phenoxy) is 2. The van der Waals surface area contributed by atoms with Gasteiger partial charge in [-0.3, -0.25) is 0 Å². The number of hydrogen-bond acceptors (Lipinski definition) is 7. The van der Waals surface area contributed by atoms with Gasteiger partial charge >= 0.3 is 0 Å². The zero-order valence-corrected chi connectivity index (χ0v) is 17.6. The van der Waals surface area contributed by atoms with Gasteiger partial charge < -0.3 is 18.6 Å². The summed E-state index contributed by atoms with van der Waals surface area (Å²) in [7, 11) is -7.45. The fourth-order valence-electron chi connectivity index (χ4n) is 2.96. The SMILES string of the molecule is O=[S+]([O-])(NCC1COc2ccccc2O1)C1C=CC([S+](=O)([O-])c2ccccc2)S1. The molecule has 0 fully saturated rings. The first kappa shape index (κ1) is 20.6. The van der Waals surface area contributed by atoms with Crippen molar-refractivity contribution in [1.29, 1.82) is 0 Å². The predicted molar refractivity (Wildman–Crippen MR) is 111 cm³/mol. The third kappa shape index (κ3) is 4.42. The minimum Gasteiger partial charge on any atom is -0.609 e. The van der Waals surface area contributed by atoms with Gasteiger partial charge in [-0.05, 0) is 48.2 Å². The molecular weight excluding hydrogens is 434 g/mol. The van der Waals surface area contributed by atoms with E-state index in [0.717, 1.165) is 11.8 Å². The zero-order valence-electron chi connectivity index (χ0n) is 15.2. The van der Waals surface area contributed by atoms with E-state index < -0.39 is 35.9 Å². The second kappa shape index (κ2) is 8.21. The average Bonchev–Trinajstić information content (AvgIpc) is 3.25. The van der Waals surface area contributed by atoms with Gasteiger partial charge in [0.15, 0.2) is 21.0 Å². The van der Waals surface area contributed by atoms with Gasteiger partial charge in [0.05, 0.1) is 16.8 Å². The van der Waals surface area contributed by atoms with Crippen LogP contribution in [0.5, 0.6) is 11.5 Å². The summed E-state index contributed by atoms with van der Waals surface area (Å²) in [5.41, 5.74) is 0. The Bertz CT molecular complexity index is 998.